The van der Waals surface area contributed by atoms with Gasteiger partial charge < -0.3 is 9.84 Å². The molecule has 1 unspecified atom stereocenters. The van der Waals surface area contributed by atoms with Crippen LogP contribution in [0, 0.1) is 0 Å². The van der Waals surface area contributed by atoms with E-state index in [1.54, 1.807) is 7.11 Å². The summed E-state index contributed by atoms with van der Waals surface area (Å²) in [4.78, 5) is 11.6. The molecule has 0 fully saturated rings. The number of methoxy groups -OCH3 is 1. The van der Waals surface area contributed by atoms with Crippen molar-refractivity contribution < 1.29 is 14.6 Å². The lowest BCUT2D eigenvalue weighted by Gasteiger charge is -2.07. The number of rotatable bonds is 5. The van der Waals surface area contributed by atoms with E-state index in [4.69, 9.17) is 16.3 Å². The van der Waals surface area contributed by atoms with Crippen molar-refractivity contribution >= 4 is 17.4 Å². The number of ketones is 1. The highest BCUT2D eigenvalue weighted by molar-refractivity contribution is 6.33. The van der Waals surface area contributed by atoms with Gasteiger partial charge >= 0.3 is 0 Å². The Morgan fingerprint density at radius 1 is 1.80 bits per heavy atom. The van der Waals surface area contributed by atoms with E-state index in [0.29, 0.717) is 13.2 Å². The molecule has 84 valence electrons. The summed E-state index contributed by atoms with van der Waals surface area (Å²) in [5.41, 5.74) is 0.226. The van der Waals surface area contributed by atoms with Crippen LogP contribution in [-0.2, 0) is 11.3 Å². The number of aliphatic hydroxyl groups is 1. The molecule has 6 heteroatoms. The van der Waals surface area contributed by atoms with Gasteiger partial charge in [0.1, 0.15) is 11.8 Å². The fraction of sp³-hybridized carbons (Fsp3) is 0.556. The molecule has 1 rings (SSSR count). The smallest absolute Gasteiger partial charge is 0.210 e. The molecule has 0 radical (unpaired) electrons. The zero-order chi connectivity index (χ0) is 11.4. The summed E-state index contributed by atoms with van der Waals surface area (Å²) in [6.07, 6.45) is 0.299. The summed E-state index contributed by atoms with van der Waals surface area (Å²) in [5, 5.41) is 13.4. The molecule has 5 nitrogen and oxygen atoms in total. The van der Waals surface area contributed by atoms with Crippen LogP contribution in [0.15, 0.2) is 6.20 Å². The lowest BCUT2D eigenvalue weighted by atomic mass is 10.2. The molecule has 0 aliphatic carbocycles. The van der Waals surface area contributed by atoms with Crippen LogP contribution >= 0.6 is 11.6 Å². The Labute approximate surface area is 92.6 Å². The first-order valence-electron chi connectivity index (χ1n) is 4.50. The van der Waals surface area contributed by atoms with Crippen molar-refractivity contribution in [2.75, 3.05) is 13.7 Å². The molecule has 1 heterocycles. The van der Waals surface area contributed by atoms with E-state index >= 15 is 0 Å². The quantitative estimate of drug-likeness (QED) is 0.761. The van der Waals surface area contributed by atoms with Gasteiger partial charge in [-0.25, -0.2) is 0 Å². The highest BCUT2D eigenvalue weighted by atomic mass is 35.5. The van der Waals surface area contributed by atoms with Gasteiger partial charge in [-0.05, 0) is 6.92 Å². The number of aromatic nitrogens is 2. The van der Waals surface area contributed by atoms with Gasteiger partial charge in [-0.15, -0.1) is 0 Å². The molecular weight excluding hydrogens is 220 g/mol. The molecular formula is C9H13ClN2O3. The maximum atomic E-state index is 11.6. The fourth-order valence-electron chi connectivity index (χ4n) is 1.15. The van der Waals surface area contributed by atoms with Gasteiger partial charge in [-0.1, -0.05) is 11.6 Å². The number of nitrogens with zero attached hydrogens (tertiary/aromatic N) is 2. The Balaban J connectivity index is 2.93. The number of hydrogen-bond acceptors (Lipinski definition) is 4. The second-order valence-electron chi connectivity index (χ2n) is 3.10. The maximum Gasteiger partial charge on any atom is 0.210 e. The van der Waals surface area contributed by atoms with Crippen LogP contribution in [0.2, 0.25) is 5.02 Å². The van der Waals surface area contributed by atoms with E-state index < -0.39 is 11.9 Å². The average Bonchev–Trinajstić information content (AvgIpc) is 2.55. The third-order valence-electron chi connectivity index (χ3n) is 1.91. The van der Waals surface area contributed by atoms with Crippen molar-refractivity contribution in [2.45, 2.75) is 19.6 Å². The molecule has 0 amide bonds. The molecule has 1 aromatic rings. The molecule has 1 aromatic heterocycles. The van der Waals surface area contributed by atoms with E-state index in [-0.39, 0.29) is 10.7 Å². The molecule has 0 bridgehead atoms. The number of ether oxygens (including phenoxy) is 1. The van der Waals surface area contributed by atoms with Crippen molar-refractivity contribution in [1.82, 2.24) is 9.78 Å². The Kier molecular flexibility index (Phi) is 4.26. The molecule has 1 N–H and O–H groups in total. The van der Waals surface area contributed by atoms with Crippen LogP contribution in [0.4, 0.5) is 0 Å². The lowest BCUT2D eigenvalue weighted by molar-refractivity contribution is 0.0765. The first kappa shape index (κ1) is 12.2. The first-order chi connectivity index (χ1) is 7.07. The Morgan fingerprint density at radius 3 is 3.00 bits per heavy atom. The Bertz CT molecular complexity index is 349. The summed E-state index contributed by atoms with van der Waals surface area (Å²) in [6, 6.07) is 0. The fourth-order valence-corrected chi connectivity index (χ4v) is 1.39. The maximum absolute atomic E-state index is 11.6. The highest BCUT2D eigenvalue weighted by Gasteiger charge is 2.20. The molecule has 0 aromatic carbocycles. The molecule has 15 heavy (non-hydrogen) atoms. The predicted molar refractivity (Wildman–Crippen MR) is 55.1 cm³/mol. The second kappa shape index (κ2) is 5.25. The number of aliphatic hydroxyl groups excluding tert-OH is 1. The minimum atomic E-state index is -1.08. The molecule has 0 aliphatic heterocycles. The van der Waals surface area contributed by atoms with E-state index in [1.165, 1.54) is 17.8 Å². The molecule has 0 aliphatic rings. The Hall–Kier alpha value is -0.910. The minimum Gasteiger partial charge on any atom is -0.385 e. The SMILES string of the molecule is COCCn1ncc(Cl)c1C(=O)C(C)O. The van der Waals surface area contributed by atoms with E-state index in [9.17, 15) is 9.90 Å². The first-order valence-corrected chi connectivity index (χ1v) is 4.88. The second-order valence-corrected chi connectivity index (χ2v) is 3.50. The minimum absolute atomic E-state index is 0.226. The van der Waals surface area contributed by atoms with Gasteiger partial charge in [-0.3, -0.25) is 9.48 Å². The van der Waals surface area contributed by atoms with Gasteiger partial charge in [0.2, 0.25) is 5.78 Å². The molecule has 1 atom stereocenters. The summed E-state index contributed by atoms with van der Waals surface area (Å²) in [5.74, 6) is -0.436. The van der Waals surface area contributed by atoms with Crippen molar-refractivity contribution in [3.63, 3.8) is 0 Å². The predicted octanol–water partition coefficient (Wildman–Crippen LogP) is 0.746. The van der Waals surface area contributed by atoms with Gasteiger partial charge in [0.25, 0.3) is 0 Å². The summed E-state index contributed by atoms with van der Waals surface area (Å²) in [7, 11) is 1.56. The zero-order valence-electron chi connectivity index (χ0n) is 8.61. The average molecular weight is 233 g/mol. The molecule has 0 saturated heterocycles. The van der Waals surface area contributed by atoms with Crippen LogP contribution in [-0.4, -0.2) is 40.5 Å². The van der Waals surface area contributed by atoms with Gasteiger partial charge in [-0.2, -0.15) is 5.10 Å². The van der Waals surface area contributed by atoms with Gasteiger partial charge in [0, 0.05) is 7.11 Å². The monoisotopic (exact) mass is 232 g/mol. The van der Waals surface area contributed by atoms with E-state index in [2.05, 4.69) is 5.10 Å². The van der Waals surface area contributed by atoms with Crippen molar-refractivity contribution in [2.24, 2.45) is 0 Å². The van der Waals surface area contributed by atoms with Crippen LogP contribution in [0.5, 0.6) is 0 Å². The summed E-state index contributed by atoms with van der Waals surface area (Å²) in [6.45, 7) is 2.25. The number of hydrogen-bond donors (Lipinski definition) is 1. The van der Waals surface area contributed by atoms with E-state index in [0.717, 1.165) is 0 Å². The number of carbonyl (C=O) groups excluding carboxylic acids is 1. The van der Waals surface area contributed by atoms with Crippen LogP contribution in [0.3, 0.4) is 0 Å². The normalized spacial score (nSPS) is 12.8. The summed E-state index contributed by atoms with van der Waals surface area (Å²) >= 11 is 5.81. The molecule has 0 spiro atoms. The van der Waals surface area contributed by atoms with Crippen LogP contribution in [0.25, 0.3) is 0 Å². The highest BCUT2D eigenvalue weighted by Crippen LogP contribution is 2.16. The Morgan fingerprint density at radius 2 is 2.47 bits per heavy atom. The van der Waals surface area contributed by atoms with Crippen molar-refractivity contribution in [3.8, 4) is 0 Å². The van der Waals surface area contributed by atoms with Crippen molar-refractivity contribution in [1.29, 1.82) is 0 Å². The van der Waals surface area contributed by atoms with Gasteiger partial charge in [0.15, 0.2) is 0 Å². The third-order valence-corrected chi connectivity index (χ3v) is 2.19. The number of halogens is 1. The molecule has 0 saturated carbocycles. The largest absolute Gasteiger partial charge is 0.385 e. The summed E-state index contributed by atoms with van der Waals surface area (Å²) < 4.78 is 6.30. The van der Waals surface area contributed by atoms with Gasteiger partial charge in [0.05, 0.1) is 24.4 Å². The van der Waals surface area contributed by atoms with Crippen molar-refractivity contribution in [3.05, 3.63) is 16.9 Å². The standard InChI is InChI=1S/C9H13ClN2O3/c1-6(13)9(14)8-7(10)5-11-12(8)3-4-15-2/h5-6,13H,3-4H2,1-2H3. The lowest BCUT2D eigenvalue weighted by Crippen LogP contribution is -2.22. The third kappa shape index (κ3) is 2.77. The van der Waals surface area contributed by atoms with Crippen LogP contribution < -0.4 is 0 Å². The van der Waals surface area contributed by atoms with E-state index in [1.807, 2.05) is 0 Å². The number of Topliss-reactive ketones (excluding diaryl/α,β-unsaturated/α-hetero) is 1. The number of carbonyl (C=O) groups is 1. The van der Waals surface area contributed by atoms with Crippen LogP contribution in [0.1, 0.15) is 17.4 Å². The topological polar surface area (TPSA) is 64.4 Å². The zero-order valence-corrected chi connectivity index (χ0v) is 9.36.